The van der Waals surface area contributed by atoms with E-state index < -0.39 is 14.1 Å². The van der Waals surface area contributed by atoms with Gasteiger partial charge in [-0.2, -0.15) is 0 Å². The number of piperidine rings is 1. The van der Waals surface area contributed by atoms with Crippen molar-refractivity contribution in [3.05, 3.63) is 35.9 Å². The van der Waals surface area contributed by atoms with Gasteiger partial charge in [-0.15, -0.1) is 0 Å². The lowest BCUT2D eigenvalue weighted by molar-refractivity contribution is -0.158. The Morgan fingerprint density at radius 2 is 1.84 bits per heavy atom. The van der Waals surface area contributed by atoms with Crippen LogP contribution in [0.5, 0.6) is 0 Å². The smallest absolute Gasteiger partial charge is 0.220 e. The van der Waals surface area contributed by atoms with E-state index >= 15 is 0 Å². The summed E-state index contributed by atoms with van der Waals surface area (Å²) in [5.74, 6) is -0.708. The van der Waals surface area contributed by atoms with Gasteiger partial charge in [0.25, 0.3) is 0 Å². The molecule has 0 aliphatic carbocycles. The maximum atomic E-state index is 12.3. The van der Waals surface area contributed by atoms with E-state index in [-0.39, 0.29) is 35.3 Å². The van der Waals surface area contributed by atoms with E-state index in [1.165, 1.54) is 0 Å². The molecule has 6 nitrogen and oxygen atoms in total. The van der Waals surface area contributed by atoms with Crippen LogP contribution in [0.2, 0.25) is 18.1 Å². The third-order valence-corrected chi connectivity index (χ3v) is 11.2. The molecule has 0 aromatic heterocycles. The van der Waals surface area contributed by atoms with E-state index in [1.54, 1.807) is 0 Å². The number of amides is 1. The summed E-state index contributed by atoms with van der Waals surface area (Å²) in [5, 5.41) is 3.24. The van der Waals surface area contributed by atoms with Crippen LogP contribution in [-0.2, 0) is 30.0 Å². The average molecular weight is 450 g/mol. The Morgan fingerprint density at radius 1 is 1.16 bits per heavy atom. The molecule has 2 saturated heterocycles. The third-order valence-electron chi connectivity index (χ3n) is 6.68. The molecule has 2 heterocycles. The Hall–Kier alpha value is -1.25. The van der Waals surface area contributed by atoms with Crippen molar-refractivity contribution in [2.24, 2.45) is 0 Å². The minimum absolute atomic E-state index is 0.0296. The number of rotatable bonds is 7. The lowest BCUT2D eigenvalue weighted by Crippen LogP contribution is -2.58. The summed E-state index contributed by atoms with van der Waals surface area (Å²) < 4.78 is 25.3. The van der Waals surface area contributed by atoms with Crippen LogP contribution >= 0.6 is 0 Å². The Kier molecular flexibility index (Phi) is 7.33. The van der Waals surface area contributed by atoms with E-state index in [4.69, 9.17) is 18.6 Å². The SMILES string of the molecule is CC1(C)O[C@@H]([C@@H]2NC(=O)CC[C@H]2OCc2ccccc2)[C@@H](CO[Si](C)(C)C(C)(C)C)O1. The Morgan fingerprint density at radius 3 is 2.48 bits per heavy atom. The zero-order chi connectivity index (χ0) is 22.9. The highest BCUT2D eigenvalue weighted by Gasteiger charge is 2.50. The number of ether oxygens (including phenoxy) is 3. The van der Waals surface area contributed by atoms with Crippen LogP contribution < -0.4 is 5.32 Å². The van der Waals surface area contributed by atoms with Crippen molar-refractivity contribution in [1.29, 1.82) is 0 Å². The van der Waals surface area contributed by atoms with Crippen molar-refractivity contribution in [1.82, 2.24) is 5.32 Å². The topological polar surface area (TPSA) is 66.0 Å². The van der Waals surface area contributed by atoms with Crippen LogP contribution in [0.3, 0.4) is 0 Å². The Balaban J connectivity index is 1.73. The molecular weight excluding hydrogens is 410 g/mol. The zero-order valence-electron chi connectivity index (χ0n) is 20.1. The van der Waals surface area contributed by atoms with Crippen molar-refractivity contribution < 1.29 is 23.4 Å². The summed E-state index contributed by atoms with van der Waals surface area (Å²) in [6, 6.07) is 9.81. The summed E-state index contributed by atoms with van der Waals surface area (Å²) >= 11 is 0. The maximum absolute atomic E-state index is 12.3. The Labute approximate surface area is 188 Å². The number of carbonyl (C=O) groups excluding carboxylic acids is 1. The van der Waals surface area contributed by atoms with Crippen LogP contribution in [0.4, 0.5) is 0 Å². The van der Waals surface area contributed by atoms with Gasteiger partial charge in [0, 0.05) is 6.42 Å². The monoisotopic (exact) mass is 449 g/mol. The van der Waals surface area contributed by atoms with E-state index in [9.17, 15) is 4.79 Å². The summed E-state index contributed by atoms with van der Waals surface area (Å²) in [6.07, 6.45) is 0.383. The molecule has 0 radical (unpaired) electrons. The number of benzene rings is 1. The largest absolute Gasteiger partial charge is 0.414 e. The van der Waals surface area contributed by atoms with Gasteiger partial charge in [-0.05, 0) is 44.0 Å². The molecule has 0 spiro atoms. The Bertz CT molecular complexity index is 746. The number of hydrogen-bond acceptors (Lipinski definition) is 5. The zero-order valence-corrected chi connectivity index (χ0v) is 21.1. The molecule has 4 atom stereocenters. The summed E-state index contributed by atoms with van der Waals surface area (Å²) in [5.41, 5.74) is 1.11. The molecule has 2 aliphatic heterocycles. The van der Waals surface area contributed by atoms with E-state index in [1.807, 2.05) is 44.2 Å². The first-order chi connectivity index (χ1) is 14.4. The fourth-order valence-electron chi connectivity index (χ4n) is 3.87. The standard InChI is InChI=1S/C24H39NO5Si/c1-23(2,3)31(6,7)28-16-19-22(30-24(4,5)29-19)21-18(13-14-20(26)25-21)27-15-17-11-9-8-10-12-17/h8-12,18-19,21-22H,13-16H2,1-7H3,(H,25,26)/t18-,19-,21-,22-/m1/s1. The molecule has 1 aromatic carbocycles. The van der Waals surface area contributed by atoms with Crippen LogP contribution in [-0.4, -0.2) is 51.0 Å². The highest BCUT2D eigenvalue weighted by molar-refractivity contribution is 6.74. The maximum Gasteiger partial charge on any atom is 0.220 e. The lowest BCUT2D eigenvalue weighted by atomic mass is 9.93. The minimum atomic E-state index is -1.94. The highest BCUT2D eigenvalue weighted by atomic mass is 28.4. The molecule has 174 valence electrons. The van der Waals surface area contributed by atoms with E-state index in [0.29, 0.717) is 26.1 Å². The van der Waals surface area contributed by atoms with E-state index in [0.717, 1.165) is 5.56 Å². The molecule has 7 heteroatoms. The molecule has 2 fully saturated rings. The molecular formula is C24H39NO5Si. The van der Waals surface area contributed by atoms with Crippen molar-refractivity contribution in [3.63, 3.8) is 0 Å². The first kappa shape index (κ1) is 24.4. The van der Waals surface area contributed by atoms with E-state index in [2.05, 4.69) is 39.2 Å². The second kappa shape index (κ2) is 9.31. The van der Waals surface area contributed by atoms with Crippen LogP contribution in [0.15, 0.2) is 30.3 Å². The lowest BCUT2D eigenvalue weighted by Gasteiger charge is -2.39. The van der Waals surface area contributed by atoms with Gasteiger partial charge >= 0.3 is 0 Å². The van der Waals surface area contributed by atoms with Gasteiger partial charge in [0.2, 0.25) is 5.91 Å². The van der Waals surface area contributed by atoms with Gasteiger partial charge in [0.05, 0.1) is 25.4 Å². The molecule has 0 saturated carbocycles. The molecule has 31 heavy (non-hydrogen) atoms. The highest BCUT2D eigenvalue weighted by Crippen LogP contribution is 2.39. The van der Waals surface area contributed by atoms with Crippen molar-refractivity contribution in [2.45, 2.75) is 102 Å². The van der Waals surface area contributed by atoms with Gasteiger partial charge < -0.3 is 24.0 Å². The van der Waals surface area contributed by atoms with Crippen molar-refractivity contribution >= 4 is 14.2 Å². The predicted molar refractivity (Wildman–Crippen MR) is 123 cm³/mol. The van der Waals surface area contributed by atoms with Crippen LogP contribution in [0.25, 0.3) is 0 Å². The molecule has 3 rings (SSSR count). The molecule has 0 unspecified atom stereocenters. The van der Waals surface area contributed by atoms with Crippen LogP contribution in [0.1, 0.15) is 53.0 Å². The van der Waals surface area contributed by atoms with Gasteiger partial charge in [-0.3, -0.25) is 4.79 Å². The van der Waals surface area contributed by atoms with Gasteiger partial charge in [0.15, 0.2) is 14.1 Å². The summed E-state index contributed by atoms with van der Waals surface area (Å²) in [6.45, 7) is 15.9. The average Bonchev–Trinajstić information content (AvgIpc) is 3.00. The molecule has 1 N–H and O–H groups in total. The predicted octanol–water partition coefficient (Wildman–Crippen LogP) is 4.39. The van der Waals surface area contributed by atoms with Crippen molar-refractivity contribution in [2.75, 3.05) is 6.61 Å². The van der Waals surface area contributed by atoms with Crippen LogP contribution in [0, 0.1) is 0 Å². The number of carbonyl (C=O) groups is 1. The van der Waals surface area contributed by atoms with Crippen molar-refractivity contribution in [3.8, 4) is 0 Å². The molecule has 1 amide bonds. The molecule has 2 aliphatic rings. The summed E-state index contributed by atoms with van der Waals surface area (Å²) in [4.78, 5) is 12.3. The number of nitrogens with one attached hydrogen (secondary N) is 1. The van der Waals surface area contributed by atoms with Gasteiger partial charge in [-0.25, -0.2) is 0 Å². The number of hydrogen-bond donors (Lipinski definition) is 1. The fraction of sp³-hybridized carbons (Fsp3) is 0.708. The minimum Gasteiger partial charge on any atom is -0.414 e. The second-order valence-electron chi connectivity index (χ2n) is 10.7. The molecule has 0 bridgehead atoms. The summed E-state index contributed by atoms with van der Waals surface area (Å²) in [7, 11) is -1.94. The normalized spacial score (nSPS) is 29.1. The van der Waals surface area contributed by atoms with Gasteiger partial charge in [0.1, 0.15) is 12.2 Å². The fourth-order valence-corrected chi connectivity index (χ4v) is 4.88. The third kappa shape index (κ3) is 6.17. The van der Waals surface area contributed by atoms with Gasteiger partial charge in [-0.1, -0.05) is 51.1 Å². The quantitative estimate of drug-likeness (QED) is 0.625. The second-order valence-corrected chi connectivity index (χ2v) is 15.5. The first-order valence-corrected chi connectivity index (χ1v) is 14.2. The molecule has 1 aromatic rings. The first-order valence-electron chi connectivity index (χ1n) is 11.3.